The average Bonchev–Trinajstić information content (AvgIpc) is 1.89. The number of aliphatic imine (C=N–C) groups is 1. The molecule has 0 aromatic heterocycles. The van der Waals surface area contributed by atoms with E-state index >= 15 is 0 Å². The predicted octanol–water partition coefficient (Wildman–Crippen LogP) is 1.28. The Labute approximate surface area is 61.8 Å². The number of hydrogen-bond donors (Lipinski definition) is 1. The van der Waals surface area contributed by atoms with Crippen LogP contribution in [0.4, 0.5) is 0 Å². The van der Waals surface area contributed by atoms with Crippen molar-refractivity contribution in [2.75, 3.05) is 6.54 Å². The highest BCUT2D eigenvalue weighted by molar-refractivity contribution is 5.80. The Balaban J connectivity index is 3.40. The standard InChI is InChI=1S/C7H13N3/c1-3-4-5-9-7(2)10-6-8/h3-5H2,1-2H3,(H,9,10). The van der Waals surface area contributed by atoms with Gasteiger partial charge in [-0.3, -0.25) is 10.3 Å². The minimum atomic E-state index is 0.705. The molecule has 0 unspecified atom stereocenters. The molecular weight excluding hydrogens is 126 g/mol. The molecule has 0 amide bonds. The summed E-state index contributed by atoms with van der Waals surface area (Å²) in [6.45, 7) is 4.72. The number of unbranched alkanes of at least 4 members (excludes halogenated alkanes) is 1. The molecule has 1 N–H and O–H groups in total. The van der Waals surface area contributed by atoms with Crippen LogP contribution in [0.3, 0.4) is 0 Å². The molecule has 0 rings (SSSR count). The maximum atomic E-state index is 8.15. The van der Waals surface area contributed by atoms with Crippen molar-refractivity contribution in [1.82, 2.24) is 5.32 Å². The molecule has 0 aromatic carbocycles. The Hall–Kier alpha value is -1.04. The summed E-state index contributed by atoms with van der Waals surface area (Å²) in [5, 5.41) is 10.6. The second kappa shape index (κ2) is 6.09. The van der Waals surface area contributed by atoms with Gasteiger partial charge in [0.05, 0.1) is 0 Å². The van der Waals surface area contributed by atoms with Crippen molar-refractivity contribution in [3.8, 4) is 6.19 Å². The molecule has 0 spiro atoms. The van der Waals surface area contributed by atoms with E-state index in [0.717, 1.165) is 19.4 Å². The van der Waals surface area contributed by atoms with E-state index in [1.165, 1.54) is 0 Å². The molecule has 0 fully saturated rings. The molecule has 0 bridgehead atoms. The van der Waals surface area contributed by atoms with Gasteiger partial charge in [0.2, 0.25) is 0 Å². The lowest BCUT2D eigenvalue weighted by molar-refractivity contribution is 0.805. The van der Waals surface area contributed by atoms with Gasteiger partial charge in [-0.25, -0.2) is 0 Å². The average molecular weight is 139 g/mol. The zero-order chi connectivity index (χ0) is 7.82. The first-order valence-corrected chi connectivity index (χ1v) is 3.47. The van der Waals surface area contributed by atoms with Crippen LogP contribution in [0.1, 0.15) is 26.7 Å². The van der Waals surface area contributed by atoms with Crippen LogP contribution in [-0.2, 0) is 0 Å². The fourth-order valence-electron chi connectivity index (χ4n) is 0.525. The van der Waals surface area contributed by atoms with Crippen molar-refractivity contribution in [3.63, 3.8) is 0 Å². The minimum absolute atomic E-state index is 0.705. The van der Waals surface area contributed by atoms with Crippen molar-refractivity contribution in [2.45, 2.75) is 26.7 Å². The van der Waals surface area contributed by atoms with Gasteiger partial charge in [-0.1, -0.05) is 13.3 Å². The monoisotopic (exact) mass is 139 g/mol. The number of nitrogens with zero attached hydrogens (tertiary/aromatic N) is 2. The molecule has 0 radical (unpaired) electrons. The van der Waals surface area contributed by atoms with Crippen LogP contribution in [-0.4, -0.2) is 12.4 Å². The lowest BCUT2D eigenvalue weighted by atomic mass is 10.3. The van der Waals surface area contributed by atoms with E-state index in [1.54, 1.807) is 6.92 Å². The van der Waals surface area contributed by atoms with Crippen molar-refractivity contribution in [1.29, 1.82) is 5.26 Å². The SMILES string of the molecule is CCCCN=C(C)NC#N. The molecule has 0 aliphatic heterocycles. The molecular formula is C7H13N3. The first kappa shape index (κ1) is 8.96. The number of amidine groups is 1. The molecule has 0 atom stereocenters. The fourth-order valence-corrected chi connectivity index (χ4v) is 0.525. The number of hydrogen-bond acceptors (Lipinski definition) is 2. The van der Waals surface area contributed by atoms with Gasteiger partial charge < -0.3 is 0 Å². The Morgan fingerprint density at radius 1 is 1.70 bits per heavy atom. The molecule has 0 heterocycles. The molecule has 56 valence electrons. The highest BCUT2D eigenvalue weighted by atomic mass is 15.0. The Kier molecular flexibility index (Phi) is 5.45. The normalized spacial score (nSPS) is 10.7. The number of nitriles is 1. The second-order valence-corrected chi connectivity index (χ2v) is 2.06. The van der Waals surface area contributed by atoms with Gasteiger partial charge in [0.25, 0.3) is 0 Å². The lowest BCUT2D eigenvalue weighted by Gasteiger charge is -1.94. The van der Waals surface area contributed by atoms with Gasteiger partial charge in [-0.2, -0.15) is 5.26 Å². The van der Waals surface area contributed by atoms with Crippen molar-refractivity contribution < 1.29 is 0 Å². The van der Waals surface area contributed by atoms with E-state index in [9.17, 15) is 0 Å². The van der Waals surface area contributed by atoms with E-state index in [4.69, 9.17) is 5.26 Å². The third kappa shape index (κ3) is 5.10. The van der Waals surface area contributed by atoms with Crippen molar-refractivity contribution in [3.05, 3.63) is 0 Å². The highest BCUT2D eigenvalue weighted by Gasteiger charge is 1.84. The molecule has 3 nitrogen and oxygen atoms in total. The summed E-state index contributed by atoms with van der Waals surface area (Å²) >= 11 is 0. The van der Waals surface area contributed by atoms with E-state index < -0.39 is 0 Å². The maximum absolute atomic E-state index is 8.15. The van der Waals surface area contributed by atoms with Crippen LogP contribution < -0.4 is 5.32 Å². The zero-order valence-electron chi connectivity index (χ0n) is 6.52. The summed E-state index contributed by atoms with van der Waals surface area (Å²) in [6, 6.07) is 0. The Bertz CT molecular complexity index is 143. The first-order chi connectivity index (χ1) is 4.81. The molecule has 0 aliphatic rings. The quantitative estimate of drug-likeness (QED) is 0.210. The summed E-state index contributed by atoms with van der Waals surface area (Å²) < 4.78 is 0. The number of rotatable bonds is 3. The van der Waals surface area contributed by atoms with E-state index in [2.05, 4.69) is 17.2 Å². The summed E-state index contributed by atoms with van der Waals surface area (Å²) in [7, 11) is 0. The summed E-state index contributed by atoms with van der Waals surface area (Å²) in [4.78, 5) is 4.09. The van der Waals surface area contributed by atoms with Crippen molar-refractivity contribution in [2.24, 2.45) is 4.99 Å². The summed E-state index contributed by atoms with van der Waals surface area (Å²) in [5.41, 5.74) is 0. The topological polar surface area (TPSA) is 48.2 Å². The van der Waals surface area contributed by atoms with Crippen LogP contribution in [0.2, 0.25) is 0 Å². The smallest absolute Gasteiger partial charge is 0.182 e. The van der Waals surface area contributed by atoms with Crippen LogP contribution in [0.5, 0.6) is 0 Å². The minimum Gasteiger partial charge on any atom is -0.281 e. The zero-order valence-corrected chi connectivity index (χ0v) is 6.52. The van der Waals surface area contributed by atoms with Crippen molar-refractivity contribution >= 4 is 5.84 Å². The largest absolute Gasteiger partial charge is 0.281 e. The molecule has 0 saturated heterocycles. The van der Waals surface area contributed by atoms with Gasteiger partial charge in [0.15, 0.2) is 6.19 Å². The van der Waals surface area contributed by atoms with Crippen LogP contribution >= 0.6 is 0 Å². The molecule has 0 aliphatic carbocycles. The first-order valence-electron chi connectivity index (χ1n) is 3.47. The predicted molar refractivity (Wildman–Crippen MR) is 41.6 cm³/mol. The molecule has 0 aromatic rings. The third-order valence-electron chi connectivity index (χ3n) is 1.10. The van der Waals surface area contributed by atoms with Gasteiger partial charge in [-0.15, -0.1) is 0 Å². The van der Waals surface area contributed by atoms with Gasteiger partial charge in [0.1, 0.15) is 5.84 Å². The van der Waals surface area contributed by atoms with E-state index in [-0.39, 0.29) is 0 Å². The van der Waals surface area contributed by atoms with Crippen LogP contribution in [0.25, 0.3) is 0 Å². The molecule has 0 saturated carbocycles. The molecule has 3 heteroatoms. The maximum Gasteiger partial charge on any atom is 0.182 e. The highest BCUT2D eigenvalue weighted by Crippen LogP contribution is 1.86. The second-order valence-electron chi connectivity index (χ2n) is 2.06. The van der Waals surface area contributed by atoms with Gasteiger partial charge in [-0.05, 0) is 13.3 Å². The van der Waals surface area contributed by atoms with E-state index in [0.29, 0.717) is 5.84 Å². The summed E-state index contributed by atoms with van der Waals surface area (Å²) in [5.74, 6) is 0.705. The number of nitrogens with one attached hydrogen (secondary N) is 1. The molecule has 10 heavy (non-hydrogen) atoms. The fraction of sp³-hybridized carbons (Fsp3) is 0.714. The summed E-state index contributed by atoms with van der Waals surface area (Å²) in [6.07, 6.45) is 4.04. The third-order valence-corrected chi connectivity index (χ3v) is 1.10. The Morgan fingerprint density at radius 2 is 2.40 bits per heavy atom. The van der Waals surface area contributed by atoms with Gasteiger partial charge in [0, 0.05) is 6.54 Å². The van der Waals surface area contributed by atoms with E-state index in [1.807, 2.05) is 6.19 Å². The van der Waals surface area contributed by atoms with Gasteiger partial charge >= 0.3 is 0 Å². The Morgan fingerprint density at radius 3 is 2.90 bits per heavy atom. The lowest BCUT2D eigenvalue weighted by Crippen LogP contribution is -2.13. The van der Waals surface area contributed by atoms with Crippen LogP contribution in [0, 0.1) is 11.5 Å². The van der Waals surface area contributed by atoms with Crippen LogP contribution in [0.15, 0.2) is 4.99 Å².